The Morgan fingerprint density at radius 2 is 0.680 bits per heavy atom. The summed E-state index contributed by atoms with van der Waals surface area (Å²) in [6.45, 7) is -0.487. The maximum atomic E-state index is 14.7. The van der Waals surface area contributed by atoms with Crippen molar-refractivity contribution in [2.24, 2.45) is 34.8 Å². The molecule has 0 bridgehead atoms. The Labute approximate surface area is 706 Å². The molecule has 0 saturated heterocycles. The third-order valence-electron chi connectivity index (χ3n) is 17.8. The number of hydrogen-bond donors (Lipinski definition) is 30. The van der Waals surface area contributed by atoms with E-state index in [9.17, 15) is 112 Å². The standard InChI is InChI=1S/C75H113N23O23S/c1-38(2)25-47(69(116)98-60(39(3)4)73(120)121)88-58(106)32-86-63(110)52(33-99)95-72(119)55(36-102)96-64(111)45(17-11-23-82-74(78)79)87-57(105)31-85-62(109)48(26-40-13-7-5-8-14-40)91-71(118)54(35-101)97-67(114)49(27-41-15-9-6-10-16-41)92-65(112)46(18-12-24-83-75(80)81)90-68(115)51(29-56(77)104)94-66(113)50(28-42-19-21-43(103)22-20-42)93-70(117)53(34-100)89-59(107)30-84-61(108)44(76)37-122/h5-10,13-16,19-22,38-39,44-55,60,99-103,122H,11-12,17-18,23-37,76H2,1-4H3,(H2,77,104)(H,84,108)(H,85,109)(H,86,110)(H,87,105)(H,88,106)(H,89,107)(H,90,115)(H,91,118)(H,92,112)(H,93,117)(H,94,113)(H,95,119)(H,96,111)(H,97,114)(H,98,116)(H,120,121)(H4,78,79,82)(H4,80,81,83)/t44-,45-,46-,47-,48-,49-,50-,51-,52-,53-,54-,55-,60-/m0/s1. The second kappa shape index (κ2) is 54.3. The number of amides is 16. The lowest BCUT2D eigenvalue weighted by atomic mass is 10.0. The van der Waals surface area contributed by atoms with Crippen molar-refractivity contribution in [1.29, 1.82) is 10.8 Å². The molecular weight excluding hydrogens is 1620 g/mol. The van der Waals surface area contributed by atoms with Crippen molar-refractivity contribution in [2.75, 3.05) is 64.9 Å². The van der Waals surface area contributed by atoms with Gasteiger partial charge in [0.15, 0.2) is 11.9 Å². The van der Waals surface area contributed by atoms with Gasteiger partial charge in [-0.05, 0) is 72.8 Å². The number of carboxylic acid groups (broad SMARTS) is 1. The minimum absolute atomic E-state index is 0.0125. The van der Waals surface area contributed by atoms with E-state index in [4.69, 9.17) is 33.8 Å². The normalized spacial score (nSPS) is 14.1. The first-order valence-electron chi connectivity index (χ1n) is 38.5. The molecule has 0 aliphatic heterocycles. The molecule has 0 aliphatic rings. The van der Waals surface area contributed by atoms with Crippen molar-refractivity contribution >= 4 is 125 Å². The van der Waals surface area contributed by atoms with Gasteiger partial charge in [-0.15, -0.1) is 0 Å². The highest BCUT2D eigenvalue weighted by molar-refractivity contribution is 7.80. The van der Waals surface area contributed by atoms with E-state index in [1.807, 2.05) is 0 Å². The van der Waals surface area contributed by atoms with Crippen LogP contribution >= 0.6 is 12.6 Å². The number of phenolic OH excluding ortho intramolecular Hbond substituents is 1. The lowest BCUT2D eigenvalue weighted by Gasteiger charge is -2.28. The van der Waals surface area contributed by atoms with Gasteiger partial charge in [0.2, 0.25) is 94.5 Å². The van der Waals surface area contributed by atoms with Crippen LogP contribution in [0.1, 0.15) is 82.9 Å². The predicted octanol–water partition coefficient (Wildman–Crippen LogP) is -11.0. The number of hydrogen-bond acceptors (Lipinski definition) is 26. The zero-order valence-electron chi connectivity index (χ0n) is 67.6. The molecule has 0 saturated carbocycles. The monoisotopic (exact) mass is 1740 g/mol. The molecule has 0 fully saturated rings. The molecule has 0 spiro atoms. The van der Waals surface area contributed by atoms with E-state index in [0.29, 0.717) is 11.1 Å². The van der Waals surface area contributed by atoms with Crippen LogP contribution in [0.2, 0.25) is 0 Å². The second-order valence-corrected chi connectivity index (χ2v) is 29.0. The third-order valence-corrected chi connectivity index (χ3v) is 18.2. The molecular formula is C75H113N23O23S. The van der Waals surface area contributed by atoms with E-state index in [-0.39, 0.29) is 81.0 Å². The molecule has 16 amide bonds. The lowest BCUT2D eigenvalue weighted by Crippen LogP contribution is -2.61. The largest absolute Gasteiger partial charge is 0.508 e. The molecule has 0 heterocycles. The number of nitrogens with one attached hydrogen (secondary N) is 19. The number of carbonyl (C=O) groups is 17. The molecule has 0 unspecified atom stereocenters. The number of aliphatic carboxylic acids is 1. The summed E-state index contributed by atoms with van der Waals surface area (Å²) < 4.78 is 0. The van der Waals surface area contributed by atoms with Gasteiger partial charge in [-0.1, -0.05) is 100 Å². The molecule has 47 heteroatoms. The van der Waals surface area contributed by atoms with Crippen molar-refractivity contribution in [3.8, 4) is 5.75 Å². The van der Waals surface area contributed by atoms with Crippen LogP contribution in [0, 0.1) is 22.7 Å². The summed E-state index contributed by atoms with van der Waals surface area (Å²) >= 11 is 3.93. The van der Waals surface area contributed by atoms with E-state index in [1.54, 1.807) is 88.4 Å². The minimum atomic E-state index is -1.96. The number of carboxylic acids is 1. The molecule has 122 heavy (non-hydrogen) atoms. The topological polar surface area (TPSA) is 768 Å². The smallest absolute Gasteiger partial charge is 0.326 e. The number of primary amides is 1. The number of guanidine groups is 2. The van der Waals surface area contributed by atoms with E-state index >= 15 is 0 Å². The summed E-state index contributed by atoms with van der Waals surface area (Å²) in [4.78, 5) is 231. The van der Waals surface area contributed by atoms with Gasteiger partial charge in [-0.3, -0.25) is 87.5 Å². The van der Waals surface area contributed by atoms with E-state index in [2.05, 4.69) is 103 Å². The van der Waals surface area contributed by atoms with Gasteiger partial charge in [0.1, 0.15) is 78.3 Å². The number of aromatic hydroxyl groups is 1. The van der Waals surface area contributed by atoms with Gasteiger partial charge < -0.3 is 144 Å². The number of aliphatic hydroxyl groups excluding tert-OH is 4. The van der Waals surface area contributed by atoms with Crippen molar-refractivity contribution < 1.29 is 112 Å². The average molecular weight is 1740 g/mol. The van der Waals surface area contributed by atoms with Crippen LogP contribution in [0.15, 0.2) is 84.9 Å². The predicted molar refractivity (Wildman–Crippen MR) is 439 cm³/mol. The number of nitrogens with two attached hydrogens (primary N) is 4. The average Bonchev–Trinajstić information content (AvgIpc) is 0.840. The summed E-state index contributed by atoms with van der Waals surface area (Å²) in [5, 5.41) is 116. The first-order chi connectivity index (χ1) is 57.7. The second-order valence-electron chi connectivity index (χ2n) is 28.6. The Morgan fingerprint density at radius 1 is 0.377 bits per heavy atom. The van der Waals surface area contributed by atoms with Crippen LogP contribution in [0.5, 0.6) is 5.75 Å². The van der Waals surface area contributed by atoms with Crippen LogP contribution in [0.25, 0.3) is 0 Å². The lowest BCUT2D eigenvalue weighted by molar-refractivity contribution is -0.143. The summed E-state index contributed by atoms with van der Waals surface area (Å²) in [6, 6.07) is -0.349. The highest BCUT2D eigenvalue weighted by atomic mass is 32.1. The van der Waals surface area contributed by atoms with Crippen LogP contribution < -0.4 is 113 Å². The maximum Gasteiger partial charge on any atom is 0.326 e. The Balaban J connectivity index is 1.90. The van der Waals surface area contributed by atoms with E-state index in [0.717, 1.165) is 0 Å². The number of rotatable bonds is 55. The Bertz CT molecular complexity index is 4060. The SMILES string of the molecule is CC(C)C[C@H](NC(=O)CNC(=O)[C@H](CO)NC(=O)[C@H](CO)NC(=O)[C@H](CCCNC(=N)N)NC(=O)CNC(=O)[C@H](Cc1ccccc1)NC(=O)[C@H](CO)NC(=O)[C@H](Cc1ccccc1)NC(=O)[C@H](CCCNC(=N)N)NC(=O)[C@H](CC(N)=O)NC(=O)[C@H](Cc1ccc(O)cc1)NC(=O)[C@H](CO)NC(=O)CNC(=O)[C@@H](N)CS)C(=O)N[C@H](C(=O)O)C(C)C. The van der Waals surface area contributed by atoms with Crippen molar-refractivity contribution in [2.45, 2.75) is 164 Å². The molecule has 0 aliphatic carbocycles. The summed E-state index contributed by atoms with van der Waals surface area (Å²) in [5.74, 6) is -20.7. The van der Waals surface area contributed by atoms with Gasteiger partial charge >= 0.3 is 5.97 Å². The Hall–Kier alpha value is -12.9. The number of benzene rings is 3. The molecule has 0 aromatic heterocycles. The summed E-state index contributed by atoms with van der Waals surface area (Å²) in [7, 11) is 0. The fourth-order valence-electron chi connectivity index (χ4n) is 11.3. The Morgan fingerprint density at radius 3 is 1.06 bits per heavy atom. The Kier molecular flexibility index (Phi) is 46.0. The summed E-state index contributed by atoms with van der Waals surface area (Å²) in [5.41, 5.74) is 23.2. The summed E-state index contributed by atoms with van der Waals surface area (Å²) in [6.07, 6.45) is -2.70. The first kappa shape index (κ1) is 103. The van der Waals surface area contributed by atoms with Crippen LogP contribution in [-0.4, -0.2) is 286 Å². The van der Waals surface area contributed by atoms with Gasteiger partial charge in [0.05, 0.1) is 58.5 Å². The number of carbonyl (C=O) groups excluding carboxylic acids is 16. The third kappa shape index (κ3) is 38.9. The quantitative estimate of drug-likeness (QED) is 0.0108. The van der Waals surface area contributed by atoms with Crippen molar-refractivity contribution in [3.05, 3.63) is 102 Å². The molecule has 0 radical (unpaired) electrons. The highest BCUT2D eigenvalue weighted by Gasteiger charge is 2.38. The van der Waals surface area contributed by atoms with Crippen LogP contribution in [-0.2, 0) is 101 Å². The van der Waals surface area contributed by atoms with Crippen molar-refractivity contribution in [3.63, 3.8) is 0 Å². The molecule has 3 aromatic carbocycles. The molecule has 13 atom stereocenters. The number of phenols is 1. The maximum absolute atomic E-state index is 14.7. The van der Waals surface area contributed by atoms with Gasteiger partial charge in [-0.2, -0.15) is 12.6 Å². The van der Waals surface area contributed by atoms with Crippen LogP contribution in [0.4, 0.5) is 0 Å². The van der Waals surface area contributed by atoms with E-state index < -0.39 is 256 Å². The van der Waals surface area contributed by atoms with E-state index in [1.165, 1.54) is 24.3 Å². The molecule has 672 valence electrons. The number of thiol groups is 1. The van der Waals surface area contributed by atoms with Crippen LogP contribution in [0.3, 0.4) is 0 Å². The first-order valence-corrected chi connectivity index (χ1v) is 39.1. The number of aliphatic hydroxyl groups is 4. The van der Waals surface area contributed by atoms with Gasteiger partial charge in [0, 0.05) is 38.1 Å². The minimum Gasteiger partial charge on any atom is -0.508 e. The molecule has 33 N–H and O–H groups in total. The molecule has 3 rings (SSSR count). The molecule has 3 aromatic rings. The van der Waals surface area contributed by atoms with Crippen molar-refractivity contribution in [1.82, 2.24) is 90.4 Å². The van der Waals surface area contributed by atoms with Gasteiger partial charge in [0.25, 0.3) is 0 Å². The molecule has 46 nitrogen and oxygen atoms in total. The van der Waals surface area contributed by atoms with Gasteiger partial charge in [-0.25, -0.2) is 4.79 Å². The zero-order valence-corrected chi connectivity index (χ0v) is 68.5. The fraction of sp³-hybridized carbons (Fsp3) is 0.507. The highest BCUT2D eigenvalue weighted by Crippen LogP contribution is 2.15. The zero-order chi connectivity index (χ0) is 91.3. The fourth-order valence-corrected chi connectivity index (χ4v) is 11.5.